The molecule has 1 aromatic heterocycles. The lowest BCUT2D eigenvalue weighted by Gasteiger charge is -2.29. The number of esters is 1. The van der Waals surface area contributed by atoms with Gasteiger partial charge in [-0.15, -0.1) is 0 Å². The van der Waals surface area contributed by atoms with E-state index < -0.39 is 36.0 Å². The normalized spacial score (nSPS) is 16.0. The first-order valence-electron chi connectivity index (χ1n) is 9.95. The predicted molar refractivity (Wildman–Crippen MR) is 111 cm³/mol. The quantitative estimate of drug-likeness (QED) is 0.327. The fourth-order valence-electron chi connectivity index (χ4n) is 3.39. The fraction of sp³-hybridized carbons (Fsp3) is 0.364. The van der Waals surface area contributed by atoms with E-state index in [2.05, 4.69) is 0 Å². The molecule has 1 aliphatic rings. The SMILES string of the molecule is CCOC(=O)c1ccc(N2C(=O)CC(N(CC(OC)OC)C(=O)c3ccco3)C2=O)cc1. The van der Waals surface area contributed by atoms with Crippen LogP contribution in [0.15, 0.2) is 47.1 Å². The molecule has 1 aliphatic heterocycles. The van der Waals surface area contributed by atoms with Crippen LogP contribution < -0.4 is 4.90 Å². The Bertz CT molecular complexity index is 966. The minimum Gasteiger partial charge on any atom is -0.462 e. The topological polar surface area (TPSA) is 116 Å². The van der Waals surface area contributed by atoms with Crippen LogP contribution >= 0.6 is 0 Å². The molecule has 1 fully saturated rings. The van der Waals surface area contributed by atoms with Crippen LogP contribution in [0.2, 0.25) is 0 Å². The maximum absolute atomic E-state index is 13.2. The molecule has 1 aromatic carbocycles. The van der Waals surface area contributed by atoms with Crippen molar-refractivity contribution in [1.82, 2.24) is 4.90 Å². The number of amides is 3. The lowest BCUT2D eigenvalue weighted by Crippen LogP contribution is -2.49. The van der Waals surface area contributed by atoms with Crippen molar-refractivity contribution in [2.75, 3.05) is 32.3 Å². The lowest BCUT2D eigenvalue weighted by molar-refractivity contribution is -0.128. The first kappa shape index (κ1) is 23.2. The minimum atomic E-state index is -1.07. The zero-order valence-corrected chi connectivity index (χ0v) is 18.0. The zero-order chi connectivity index (χ0) is 23.3. The monoisotopic (exact) mass is 444 g/mol. The molecule has 0 radical (unpaired) electrons. The number of benzene rings is 1. The van der Waals surface area contributed by atoms with Crippen LogP contribution in [0.4, 0.5) is 5.69 Å². The number of carbonyl (C=O) groups excluding carboxylic acids is 4. The van der Waals surface area contributed by atoms with Crippen LogP contribution in [-0.4, -0.2) is 68.3 Å². The number of ether oxygens (including phenoxy) is 3. The molecule has 10 heteroatoms. The highest BCUT2D eigenvalue weighted by atomic mass is 16.7. The summed E-state index contributed by atoms with van der Waals surface area (Å²) in [4.78, 5) is 53.0. The minimum absolute atomic E-state index is 0.0217. The van der Waals surface area contributed by atoms with Crippen molar-refractivity contribution in [3.8, 4) is 0 Å². The number of hydrogen-bond donors (Lipinski definition) is 0. The van der Waals surface area contributed by atoms with Crippen LogP contribution in [0, 0.1) is 0 Å². The number of nitrogens with zero attached hydrogens (tertiary/aromatic N) is 2. The summed E-state index contributed by atoms with van der Waals surface area (Å²) >= 11 is 0. The number of imide groups is 1. The number of carbonyl (C=O) groups is 4. The van der Waals surface area contributed by atoms with Crippen molar-refractivity contribution < 1.29 is 37.8 Å². The van der Waals surface area contributed by atoms with E-state index in [-0.39, 0.29) is 31.0 Å². The molecular weight excluding hydrogens is 420 g/mol. The summed E-state index contributed by atoms with van der Waals surface area (Å²) in [6.45, 7) is 1.84. The Hall–Kier alpha value is -3.50. The molecule has 32 heavy (non-hydrogen) atoms. The van der Waals surface area contributed by atoms with Crippen molar-refractivity contribution in [2.45, 2.75) is 25.7 Å². The third kappa shape index (κ3) is 4.71. The Kier molecular flexibility index (Phi) is 7.39. The third-order valence-corrected chi connectivity index (χ3v) is 5.00. The van der Waals surface area contributed by atoms with Gasteiger partial charge in [0.2, 0.25) is 5.91 Å². The molecule has 0 spiro atoms. The number of anilines is 1. The van der Waals surface area contributed by atoms with Crippen molar-refractivity contribution in [2.24, 2.45) is 0 Å². The van der Waals surface area contributed by atoms with Crippen LogP contribution in [0.1, 0.15) is 34.3 Å². The summed E-state index contributed by atoms with van der Waals surface area (Å²) in [6.07, 6.45) is 0.314. The molecule has 0 N–H and O–H groups in total. The van der Waals surface area contributed by atoms with Gasteiger partial charge < -0.3 is 23.5 Å². The standard InChI is InChI=1S/C22H24N2O8/c1-4-31-22(28)14-7-9-15(10-8-14)24-18(25)12-16(20(24)26)23(13-19(29-2)30-3)21(27)17-6-5-11-32-17/h5-11,16,19H,4,12-13H2,1-3H3. The second-order valence-corrected chi connectivity index (χ2v) is 6.89. The van der Waals surface area contributed by atoms with Crippen molar-refractivity contribution in [1.29, 1.82) is 0 Å². The van der Waals surface area contributed by atoms with Gasteiger partial charge in [0.05, 0.1) is 37.1 Å². The van der Waals surface area contributed by atoms with E-state index in [1.807, 2.05) is 0 Å². The second-order valence-electron chi connectivity index (χ2n) is 6.89. The number of methoxy groups -OCH3 is 2. The average Bonchev–Trinajstić information content (AvgIpc) is 3.43. The molecule has 0 bridgehead atoms. The Morgan fingerprint density at radius 3 is 2.41 bits per heavy atom. The highest BCUT2D eigenvalue weighted by Crippen LogP contribution is 2.27. The Balaban J connectivity index is 1.86. The lowest BCUT2D eigenvalue weighted by atomic mass is 10.2. The first-order valence-corrected chi connectivity index (χ1v) is 9.95. The van der Waals surface area contributed by atoms with Gasteiger partial charge in [-0.3, -0.25) is 14.4 Å². The molecule has 2 aromatic rings. The molecule has 1 unspecified atom stereocenters. The van der Waals surface area contributed by atoms with E-state index in [1.54, 1.807) is 13.0 Å². The van der Waals surface area contributed by atoms with E-state index in [0.29, 0.717) is 5.56 Å². The number of rotatable bonds is 9. The first-order chi connectivity index (χ1) is 15.4. The van der Waals surface area contributed by atoms with Crippen molar-refractivity contribution in [3.63, 3.8) is 0 Å². The van der Waals surface area contributed by atoms with Gasteiger partial charge in [-0.05, 0) is 43.3 Å². The molecule has 10 nitrogen and oxygen atoms in total. The Morgan fingerprint density at radius 2 is 1.84 bits per heavy atom. The van der Waals surface area contributed by atoms with Gasteiger partial charge in [0.25, 0.3) is 11.8 Å². The summed E-state index contributed by atoms with van der Waals surface area (Å²) in [5.74, 6) is -2.11. The van der Waals surface area contributed by atoms with E-state index in [1.165, 1.54) is 55.7 Å². The Morgan fingerprint density at radius 1 is 1.16 bits per heavy atom. The van der Waals surface area contributed by atoms with E-state index >= 15 is 0 Å². The summed E-state index contributed by atoms with van der Waals surface area (Å²) in [7, 11) is 2.81. The third-order valence-electron chi connectivity index (χ3n) is 5.00. The molecule has 3 amide bonds. The second kappa shape index (κ2) is 10.2. The van der Waals surface area contributed by atoms with Gasteiger partial charge in [0, 0.05) is 14.2 Å². The van der Waals surface area contributed by atoms with Crippen molar-refractivity contribution >= 4 is 29.4 Å². The number of hydrogen-bond acceptors (Lipinski definition) is 8. The van der Waals surface area contributed by atoms with Crippen LogP contribution in [-0.2, 0) is 23.8 Å². The summed E-state index contributed by atoms with van der Waals surface area (Å²) in [6, 6.07) is 7.85. The maximum atomic E-state index is 13.2. The van der Waals surface area contributed by atoms with Gasteiger partial charge in [-0.2, -0.15) is 0 Å². The zero-order valence-electron chi connectivity index (χ0n) is 18.0. The predicted octanol–water partition coefficient (Wildman–Crippen LogP) is 1.85. The fourth-order valence-corrected chi connectivity index (χ4v) is 3.39. The molecule has 0 saturated carbocycles. The summed E-state index contributed by atoms with van der Waals surface area (Å²) in [5.41, 5.74) is 0.583. The van der Waals surface area contributed by atoms with Crippen LogP contribution in [0.25, 0.3) is 0 Å². The molecule has 170 valence electrons. The maximum Gasteiger partial charge on any atom is 0.338 e. The van der Waals surface area contributed by atoms with Gasteiger partial charge in [0.15, 0.2) is 12.1 Å². The van der Waals surface area contributed by atoms with E-state index in [9.17, 15) is 19.2 Å². The largest absolute Gasteiger partial charge is 0.462 e. The average molecular weight is 444 g/mol. The van der Waals surface area contributed by atoms with Gasteiger partial charge in [-0.1, -0.05) is 0 Å². The van der Waals surface area contributed by atoms with Gasteiger partial charge in [0.1, 0.15) is 6.04 Å². The summed E-state index contributed by atoms with van der Waals surface area (Å²) in [5, 5.41) is 0. The smallest absolute Gasteiger partial charge is 0.338 e. The summed E-state index contributed by atoms with van der Waals surface area (Å²) < 4.78 is 20.5. The number of furan rings is 1. The molecule has 1 atom stereocenters. The molecule has 1 saturated heterocycles. The van der Waals surface area contributed by atoms with E-state index in [4.69, 9.17) is 18.6 Å². The molecule has 0 aliphatic carbocycles. The molecule has 2 heterocycles. The highest BCUT2D eigenvalue weighted by molar-refractivity contribution is 6.23. The molecular formula is C22H24N2O8. The highest BCUT2D eigenvalue weighted by Gasteiger charge is 2.45. The van der Waals surface area contributed by atoms with E-state index in [0.717, 1.165) is 4.90 Å². The van der Waals surface area contributed by atoms with Crippen LogP contribution in [0.5, 0.6) is 0 Å². The Labute approximate surface area is 184 Å². The van der Waals surface area contributed by atoms with Gasteiger partial charge >= 0.3 is 5.97 Å². The van der Waals surface area contributed by atoms with Crippen molar-refractivity contribution in [3.05, 3.63) is 54.0 Å². The van der Waals surface area contributed by atoms with Crippen LogP contribution in [0.3, 0.4) is 0 Å². The van der Waals surface area contributed by atoms with Gasteiger partial charge in [-0.25, -0.2) is 9.69 Å². The molecule has 3 rings (SSSR count).